The van der Waals surface area contributed by atoms with E-state index in [2.05, 4.69) is 5.32 Å². The van der Waals surface area contributed by atoms with Crippen molar-refractivity contribution in [3.63, 3.8) is 0 Å². The van der Waals surface area contributed by atoms with Crippen LogP contribution in [0.2, 0.25) is 0 Å². The highest BCUT2D eigenvalue weighted by Crippen LogP contribution is 2.16. The fourth-order valence-electron chi connectivity index (χ4n) is 2.09. The van der Waals surface area contributed by atoms with Crippen LogP contribution in [0, 0.1) is 5.92 Å². The van der Waals surface area contributed by atoms with Crippen molar-refractivity contribution in [2.24, 2.45) is 11.7 Å². The van der Waals surface area contributed by atoms with E-state index in [9.17, 15) is 9.59 Å². The molecule has 0 aliphatic carbocycles. The number of hydrogen-bond acceptors (Lipinski definition) is 4. The fraction of sp³-hybridized carbons (Fsp3) is 0.846. The molecule has 7 heteroatoms. The summed E-state index contributed by atoms with van der Waals surface area (Å²) in [4.78, 5) is 25.5. The second-order valence-electron chi connectivity index (χ2n) is 5.12. The predicted octanol–water partition coefficient (Wildman–Crippen LogP) is 0.147. The Bertz CT molecular complexity index is 313. The Labute approximate surface area is 126 Å². The van der Waals surface area contributed by atoms with Gasteiger partial charge in [0.1, 0.15) is 6.61 Å². The molecule has 3 N–H and O–H groups in total. The van der Waals surface area contributed by atoms with E-state index in [0.29, 0.717) is 26.2 Å². The summed E-state index contributed by atoms with van der Waals surface area (Å²) in [6.45, 7) is 5.99. The second-order valence-corrected chi connectivity index (χ2v) is 5.12. The van der Waals surface area contributed by atoms with Gasteiger partial charge in [-0.2, -0.15) is 0 Å². The van der Waals surface area contributed by atoms with Crippen LogP contribution < -0.4 is 11.1 Å². The summed E-state index contributed by atoms with van der Waals surface area (Å²) >= 11 is 0. The minimum absolute atomic E-state index is 0. The van der Waals surface area contributed by atoms with Crippen molar-refractivity contribution in [3.05, 3.63) is 0 Å². The van der Waals surface area contributed by atoms with Crippen LogP contribution in [0.3, 0.4) is 0 Å². The number of ether oxygens (including phenoxy) is 1. The zero-order valence-corrected chi connectivity index (χ0v) is 13.1. The SMILES string of the molecule is CC(C)OCC(=O)N1CCCC(C(=O)NCCN)C1.Cl. The molecule has 20 heavy (non-hydrogen) atoms. The van der Waals surface area contributed by atoms with Gasteiger partial charge in [-0.05, 0) is 26.7 Å². The van der Waals surface area contributed by atoms with E-state index in [-0.39, 0.29) is 42.9 Å². The van der Waals surface area contributed by atoms with E-state index in [4.69, 9.17) is 10.5 Å². The lowest BCUT2D eigenvalue weighted by atomic mass is 9.97. The maximum atomic E-state index is 11.9. The third-order valence-corrected chi connectivity index (χ3v) is 3.13. The number of nitrogens with zero attached hydrogens (tertiary/aromatic N) is 1. The van der Waals surface area contributed by atoms with E-state index in [1.165, 1.54) is 0 Å². The first-order valence-corrected chi connectivity index (χ1v) is 6.91. The Morgan fingerprint density at radius 3 is 2.75 bits per heavy atom. The zero-order chi connectivity index (χ0) is 14.3. The zero-order valence-electron chi connectivity index (χ0n) is 12.3. The number of hydrogen-bond donors (Lipinski definition) is 2. The molecule has 1 fully saturated rings. The number of likely N-dealkylation sites (tertiary alicyclic amines) is 1. The van der Waals surface area contributed by atoms with Crippen molar-refractivity contribution in [3.8, 4) is 0 Å². The van der Waals surface area contributed by atoms with Crippen LogP contribution in [0.1, 0.15) is 26.7 Å². The molecule has 1 unspecified atom stereocenters. The number of carbonyl (C=O) groups is 2. The van der Waals surface area contributed by atoms with E-state index in [0.717, 1.165) is 12.8 Å². The number of nitrogens with two attached hydrogens (primary N) is 1. The first-order chi connectivity index (χ1) is 9.04. The summed E-state index contributed by atoms with van der Waals surface area (Å²) in [6.07, 6.45) is 1.72. The Morgan fingerprint density at radius 2 is 2.15 bits per heavy atom. The Balaban J connectivity index is 0.00000361. The number of amides is 2. The largest absolute Gasteiger partial charge is 0.369 e. The summed E-state index contributed by atoms with van der Waals surface area (Å²) in [5, 5.41) is 2.78. The molecule has 0 aromatic heterocycles. The average molecular weight is 308 g/mol. The second kappa shape index (κ2) is 9.96. The molecular weight excluding hydrogens is 282 g/mol. The van der Waals surface area contributed by atoms with Crippen molar-refractivity contribution >= 4 is 24.2 Å². The number of nitrogens with one attached hydrogen (secondary N) is 1. The van der Waals surface area contributed by atoms with Gasteiger partial charge in [-0.25, -0.2) is 0 Å². The first kappa shape index (κ1) is 19.1. The molecule has 1 rings (SSSR count). The monoisotopic (exact) mass is 307 g/mol. The molecule has 0 spiro atoms. The van der Waals surface area contributed by atoms with Crippen LogP contribution in [-0.2, 0) is 14.3 Å². The van der Waals surface area contributed by atoms with Gasteiger partial charge in [0.25, 0.3) is 0 Å². The summed E-state index contributed by atoms with van der Waals surface area (Å²) in [6, 6.07) is 0. The minimum Gasteiger partial charge on any atom is -0.369 e. The van der Waals surface area contributed by atoms with Gasteiger partial charge in [0, 0.05) is 26.2 Å². The van der Waals surface area contributed by atoms with Gasteiger partial charge in [-0.1, -0.05) is 0 Å². The lowest BCUT2D eigenvalue weighted by Gasteiger charge is -2.32. The molecule has 2 amide bonds. The highest BCUT2D eigenvalue weighted by Gasteiger charge is 2.28. The molecule has 0 aromatic rings. The van der Waals surface area contributed by atoms with Crippen LogP contribution in [-0.4, -0.2) is 55.6 Å². The van der Waals surface area contributed by atoms with Crippen molar-refractivity contribution < 1.29 is 14.3 Å². The van der Waals surface area contributed by atoms with Crippen LogP contribution in [0.4, 0.5) is 0 Å². The molecule has 0 saturated carbocycles. The van der Waals surface area contributed by atoms with Gasteiger partial charge >= 0.3 is 0 Å². The smallest absolute Gasteiger partial charge is 0.248 e. The average Bonchev–Trinajstić information content (AvgIpc) is 2.42. The third kappa shape index (κ3) is 6.54. The Morgan fingerprint density at radius 1 is 1.45 bits per heavy atom. The predicted molar refractivity (Wildman–Crippen MR) is 79.7 cm³/mol. The number of piperidine rings is 1. The molecule has 0 aromatic carbocycles. The number of carbonyl (C=O) groups excluding carboxylic acids is 2. The van der Waals surface area contributed by atoms with E-state index < -0.39 is 0 Å². The minimum atomic E-state index is -0.122. The van der Waals surface area contributed by atoms with Crippen molar-refractivity contribution in [2.75, 3.05) is 32.8 Å². The van der Waals surface area contributed by atoms with Crippen molar-refractivity contribution in [1.29, 1.82) is 0 Å². The first-order valence-electron chi connectivity index (χ1n) is 6.91. The van der Waals surface area contributed by atoms with Crippen LogP contribution in [0.5, 0.6) is 0 Å². The van der Waals surface area contributed by atoms with Gasteiger partial charge in [0.2, 0.25) is 11.8 Å². The van der Waals surface area contributed by atoms with E-state index in [1.54, 1.807) is 4.90 Å². The molecule has 1 aliphatic rings. The topological polar surface area (TPSA) is 84.7 Å². The number of halogens is 1. The summed E-state index contributed by atoms with van der Waals surface area (Å²) in [5.41, 5.74) is 5.35. The van der Waals surface area contributed by atoms with Crippen molar-refractivity contribution in [2.45, 2.75) is 32.8 Å². The fourth-order valence-corrected chi connectivity index (χ4v) is 2.09. The summed E-state index contributed by atoms with van der Waals surface area (Å²) < 4.78 is 5.31. The van der Waals surface area contributed by atoms with Crippen molar-refractivity contribution in [1.82, 2.24) is 10.2 Å². The van der Waals surface area contributed by atoms with E-state index >= 15 is 0 Å². The molecule has 0 radical (unpaired) electrons. The lowest BCUT2D eigenvalue weighted by molar-refractivity contribution is -0.141. The number of rotatable bonds is 6. The van der Waals surface area contributed by atoms with Crippen LogP contribution in [0.15, 0.2) is 0 Å². The van der Waals surface area contributed by atoms with Gasteiger partial charge in [-0.3, -0.25) is 9.59 Å². The molecule has 6 nitrogen and oxygen atoms in total. The summed E-state index contributed by atoms with van der Waals surface area (Å²) in [7, 11) is 0. The molecule has 1 heterocycles. The molecule has 1 aliphatic heterocycles. The Hall–Kier alpha value is -0.850. The van der Waals surface area contributed by atoms with Gasteiger partial charge in [-0.15, -0.1) is 12.4 Å². The molecule has 1 atom stereocenters. The maximum absolute atomic E-state index is 11.9. The maximum Gasteiger partial charge on any atom is 0.248 e. The lowest BCUT2D eigenvalue weighted by Crippen LogP contribution is -2.47. The Kier molecular flexibility index (Phi) is 9.54. The quantitative estimate of drug-likeness (QED) is 0.731. The van der Waals surface area contributed by atoms with Gasteiger partial charge in [0.05, 0.1) is 12.0 Å². The van der Waals surface area contributed by atoms with Gasteiger partial charge < -0.3 is 20.7 Å². The highest BCUT2D eigenvalue weighted by atomic mass is 35.5. The van der Waals surface area contributed by atoms with Gasteiger partial charge in [0.15, 0.2) is 0 Å². The van der Waals surface area contributed by atoms with E-state index in [1.807, 2.05) is 13.8 Å². The van der Waals surface area contributed by atoms with Crippen LogP contribution in [0.25, 0.3) is 0 Å². The standard InChI is InChI=1S/C13H25N3O3.ClH/c1-10(2)19-9-12(17)16-7-3-4-11(8-16)13(18)15-6-5-14;/h10-11H,3-9,14H2,1-2H3,(H,15,18);1H. The molecule has 1 saturated heterocycles. The molecule has 0 bridgehead atoms. The normalized spacial score (nSPS) is 18.6. The third-order valence-electron chi connectivity index (χ3n) is 3.13. The molecule has 118 valence electrons. The molecular formula is C13H26ClN3O3. The van der Waals surface area contributed by atoms with Crippen LogP contribution >= 0.6 is 12.4 Å². The highest BCUT2D eigenvalue weighted by molar-refractivity contribution is 5.85. The summed E-state index contributed by atoms with van der Waals surface area (Å²) in [5.74, 6) is -0.166.